The van der Waals surface area contributed by atoms with Crippen LogP contribution in [0.25, 0.3) is 0 Å². The van der Waals surface area contributed by atoms with Crippen LogP contribution in [-0.4, -0.2) is 43.0 Å². The van der Waals surface area contributed by atoms with Crippen LogP contribution in [0.4, 0.5) is 13.6 Å². The molecule has 2 rings (SSSR count). The highest BCUT2D eigenvalue weighted by molar-refractivity contribution is 5.72. The lowest BCUT2D eigenvalue weighted by molar-refractivity contribution is 0.116. The lowest BCUT2D eigenvalue weighted by atomic mass is 9.90. The maximum absolute atomic E-state index is 12.2. The lowest BCUT2D eigenvalue weighted by Gasteiger charge is -2.37. The van der Waals surface area contributed by atoms with Gasteiger partial charge >= 0.3 is 6.03 Å². The average molecular weight is 261 g/mol. The molecule has 2 aliphatic rings. The summed E-state index contributed by atoms with van der Waals surface area (Å²) < 4.78 is 24.4. The molecule has 0 aromatic carbocycles. The Morgan fingerprint density at radius 3 is 2.61 bits per heavy atom. The van der Waals surface area contributed by atoms with Crippen molar-refractivity contribution in [3.05, 3.63) is 0 Å². The first-order chi connectivity index (χ1) is 8.54. The number of nitrogens with two attached hydrogens (primary N) is 1. The zero-order chi connectivity index (χ0) is 13.1. The third kappa shape index (κ3) is 4.08. The minimum atomic E-state index is -2.35. The van der Waals surface area contributed by atoms with Gasteiger partial charge in [0.2, 0.25) is 0 Å². The van der Waals surface area contributed by atoms with E-state index in [4.69, 9.17) is 5.73 Å². The van der Waals surface area contributed by atoms with Gasteiger partial charge in [-0.25, -0.2) is 13.6 Å². The van der Waals surface area contributed by atoms with Gasteiger partial charge in [-0.1, -0.05) is 12.8 Å². The molecule has 1 aliphatic heterocycles. The van der Waals surface area contributed by atoms with Crippen molar-refractivity contribution in [2.45, 2.75) is 38.2 Å². The number of rotatable bonds is 5. The Bertz CT molecular complexity index is 297. The fraction of sp³-hybridized carbons (Fsp3) is 0.917. The van der Waals surface area contributed by atoms with Gasteiger partial charge in [0.25, 0.3) is 6.43 Å². The molecule has 3 N–H and O–H groups in total. The van der Waals surface area contributed by atoms with Crippen molar-refractivity contribution in [1.29, 1.82) is 0 Å². The van der Waals surface area contributed by atoms with Crippen molar-refractivity contribution in [3.63, 3.8) is 0 Å². The summed E-state index contributed by atoms with van der Waals surface area (Å²) in [4.78, 5) is 12.8. The fourth-order valence-corrected chi connectivity index (χ4v) is 2.78. The molecule has 4 nitrogen and oxygen atoms in total. The normalized spacial score (nSPS) is 28.7. The van der Waals surface area contributed by atoms with Crippen LogP contribution in [0.1, 0.15) is 25.7 Å². The van der Waals surface area contributed by atoms with E-state index in [1.54, 1.807) is 4.90 Å². The van der Waals surface area contributed by atoms with Crippen molar-refractivity contribution >= 4 is 6.03 Å². The van der Waals surface area contributed by atoms with E-state index in [1.807, 2.05) is 0 Å². The number of alkyl halides is 2. The Morgan fingerprint density at radius 2 is 2.06 bits per heavy atom. The SMILES string of the molecule is NC(=O)N1CC(CC2CC2)CC(NCC(F)F)C1. The van der Waals surface area contributed by atoms with Gasteiger partial charge in [0, 0.05) is 19.1 Å². The number of urea groups is 1. The first-order valence-corrected chi connectivity index (χ1v) is 6.60. The smallest absolute Gasteiger partial charge is 0.314 e. The van der Waals surface area contributed by atoms with Gasteiger partial charge in [-0.05, 0) is 24.7 Å². The number of likely N-dealkylation sites (tertiary alicyclic amines) is 1. The van der Waals surface area contributed by atoms with Crippen LogP contribution < -0.4 is 11.1 Å². The molecule has 2 atom stereocenters. The number of piperidine rings is 1. The summed E-state index contributed by atoms with van der Waals surface area (Å²) in [6.45, 7) is 0.815. The largest absolute Gasteiger partial charge is 0.351 e. The Morgan fingerprint density at radius 1 is 1.33 bits per heavy atom. The van der Waals surface area contributed by atoms with Crippen LogP contribution >= 0.6 is 0 Å². The van der Waals surface area contributed by atoms with Gasteiger partial charge in [-0.15, -0.1) is 0 Å². The fourth-order valence-electron chi connectivity index (χ4n) is 2.78. The molecule has 0 bridgehead atoms. The van der Waals surface area contributed by atoms with Crippen molar-refractivity contribution in [1.82, 2.24) is 10.2 Å². The number of hydrogen-bond donors (Lipinski definition) is 2. The number of primary amides is 1. The molecule has 1 aliphatic carbocycles. The van der Waals surface area contributed by atoms with E-state index in [0.29, 0.717) is 19.0 Å². The van der Waals surface area contributed by atoms with Crippen LogP contribution in [0.2, 0.25) is 0 Å². The van der Waals surface area contributed by atoms with Gasteiger partial charge < -0.3 is 16.0 Å². The van der Waals surface area contributed by atoms with Crippen LogP contribution in [0.3, 0.4) is 0 Å². The molecular formula is C12H21F2N3O. The Balaban J connectivity index is 1.85. The Kier molecular flexibility index (Phi) is 4.37. The molecule has 0 aromatic rings. The highest BCUT2D eigenvalue weighted by Crippen LogP contribution is 2.37. The quantitative estimate of drug-likeness (QED) is 0.786. The molecule has 104 valence electrons. The Hall–Kier alpha value is -0.910. The number of nitrogens with zero attached hydrogens (tertiary/aromatic N) is 1. The number of amides is 2. The van der Waals surface area contributed by atoms with E-state index in [1.165, 1.54) is 12.8 Å². The second kappa shape index (κ2) is 5.82. The van der Waals surface area contributed by atoms with Gasteiger partial charge in [0.05, 0.1) is 6.54 Å². The maximum atomic E-state index is 12.2. The molecule has 2 amide bonds. The molecule has 0 aromatic heterocycles. The highest BCUT2D eigenvalue weighted by Gasteiger charge is 2.33. The van der Waals surface area contributed by atoms with Crippen molar-refractivity contribution < 1.29 is 13.6 Å². The van der Waals surface area contributed by atoms with Crippen LogP contribution in [0, 0.1) is 11.8 Å². The predicted molar refractivity (Wildman–Crippen MR) is 64.4 cm³/mol. The standard InChI is InChI=1S/C12H21F2N3O/c13-11(14)5-16-10-4-9(3-8-1-2-8)6-17(7-10)12(15)18/h8-11,16H,1-7H2,(H2,15,18). The van der Waals surface area contributed by atoms with Gasteiger partial charge in [0.1, 0.15) is 0 Å². The maximum Gasteiger partial charge on any atom is 0.314 e. The molecule has 1 saturated carbocycles. The minimum absolute atomic E-state index is 0.0519. The molecule has 2 fully saturated rings. The minimum Gasteiger partial charge on any atom is -0.351 e. The number of carbonyl (C=O) groups is 1. The summed E-state index contributed by atoms with van der Waals surface area (Å²) in [7, 11) is 0. The van der Waals surface area contributed by atoms with Crippen LogP contribution in [0.5, 0.6) is 0 Å². The topological polar surface area (TPSA) is 58.4 Å². The second-order valence-corrected chi connectivity index (χ2v) is 5.52. The highest BCUT2D eigenvalue weighted by atomic mass is 19.3. The Labute approximate surface area is 106 Å². The monoisotopic (exact) mass is 261 g/mol. The molecule has 0 spiro atoms. The lowest BCUT2D eigenvalue weighted by Crippen LogP contribution is -2.53. The molecule has 1 saturated heterocycles. The molecule has 0 radical (unpaired) electrons. The third-order valence-corrected chi connectivity index (χ3v) is 3.77. The summed E-state index contributed by atoms with van der Waals surface area (Å²) in [5.41, 5.74) is 5.31. The van der Waals surface area contributed by atoms with Gasteiger partial charge in [0.15, 0.2) is 0 Å². The number of carbonyl (C=O) groups excluding carboxylic acids is 1. The van der Waals surface area contributed by atoms with Crippen molar-refractivity contribution in [2.24, 2.45) is 17.6 Å². The third-order valence-electron chi connectivity index (χ3n) is 3.77. The summed E-state index contributed by atoms with van der Waals surface area (Å²) in [6.07, 6.45) is 2.14. The van der Waals surface area contributed by atoms with E-state index < -0.39 is 12.5 Å². The van der Waals surface area contributed by atoms with E-state index in [-0.39, 0.29) is 12.6 Å². The first kappa shape index (κ1) is 13.5. The first-order valence-electron chi connectivity index (χ1n) is 6.60. The summed E-state index contributed by atoms with van der Waals surface area (Å²) in [6, 6.07) is -0.497. The predicted octanol–water partition coefficient (Wildman–Crippen LogP) is 1.41. The molecule has 1 heterocycles. The zero-order valence-corrected chi connectivity index (χ0v) is 10.4. The molecule has 2 unspecified atom stereocenters. The number of nitrogens with one attached hydrogen (secondary N) is 1. The van der Waals surface area contributed by atoms with Crippen molar-refractivity contribution in [3.8, 4) is 0 Å². The summed E-state index contributed by atoms with van der Waals surface area (Å²) in [5, 5.41) is 2.83. The number of hydrogen-bond acceptors (Lipinski definition) is 2. The molecule has 6 heteroatoms. The van der Waals surface area contributed by atoms with E-state index in [9.17, 15) is 13.6 Å². The summed E-state index contributed by atoms with van der Waals surface area (Å²) >= 11 is 0. The van der Waals surface area contributed by atoms with E-state index in [2.05, 4.69) is 5.32 Å². The van der Waals surface area contributed by atoms with Gasteiger partial charge in [-0.2, -0.15) is 0 Å². The molecular weight excluding hydrogens is 240 g/mol. The summed E-state index contributed by atoms with van der Waals surface area (Å²) in [5.74, 6) is 1.17. The average Bonchev–Trinajstić information content (AvgIpc) is 3.10. The molecule has 18 heavy (non-hydrogen) atoms. The van der Waals surface area contributed by atoms with Crippen LogP contribution in [0.15, 0.2) is 0 Å². The second-order valence-electron chi connectivity index (χ2n) is 5.52. The number of halogens is 2. The zero-order valence-electron chi connectivity index (χ0n) is 10.4. The van der Waals surface area contributed by atoms with Crippen LogP contribution in [-0.2, 0) is 0 Å². The van der Waals surface area contributed by atoms with Gasteiger partial charge in [-0.3, -0.25) is 0 Å². The van der Waals surface area contributed by atoms with E-state index in [0.717, 1.165) is 18.8 Å². The van der Waals surface area contributed by atoms with E-state index >= 15 is 0 Å². The van der Waals surface area contributed by atoms with Crippen molar-refractivity contribution in [2.75, 3.05) is 19.6 Å².